The highest BCUT2D eigenvalue weighted by Crippen LogP contribution is 2.36. The molecule has 0 aromatic heterocycles. The van der Waals surface area contributed by atoms with Crippen molar-refractivity contribution in [1.82, 2.24) is 0 Å². The number of fused-ring (bicyclic) bond motifs is 1. The summed E-state index contributed by atoms with van der Waals surface area (Å²) < 4.78 is 32.9. The van der Waals surface area contributed by atoms with Gasteiger partial charge in [-0.3, -0.25) is 4.31 Å². The molecule has 0 saturated heterocycles. The summed E-state index contributed by atoms with van der Waals surface area (Å²) in [6, 6.07) is 14.1. The molecule has 0 bridgehead atoms. The van der Waals surface area contributed by atoms with E-state index in [0.717, 1.165) is 5.56 Å². The summed E-state index contributed by atoms with van der Waals surface area (Å²) in [5.41, 5.74) is 1.63. The van der Waals surface area contributed by atoms with Crippen molar-refractivity contribution in [3.05, 3.63) is 54.1 Å². The summed E-state index contributed by atoms with van der Waals surface area (Å²) in [6.07, 6.45) is -0.180. The first-order valence-corrected chi connectivity index (χ1v) is 8.27. The van der Waals surface area contributed by atoms with E-state index in [1.54, 1.807) is 24.3 Å². The van der Waals surface area contributed by atoms with Crippen molar-refractivity contribution < 1.29 is 13.2 Å². The van der Waals surface area contributed by atoms with Crippen molar-refractivity contribution in [1.29, 1.82) is 0 Å². The highest BCUT2D eigenvalue weighted by molar-refractivity contribution is 7.92. The zero-order valence-electron chi connectivity index (χ0n) is 12.0. The van der Waals surface area contributed by atoms with Gasteiger partial charge in [0.05, 0.1) is 17.1 Å². The fourth-order valence-electron chi connectivity index (χ4n) is 2.41. The number of hydrogen-bond donors (Lipinski definition) is 0. The van der Waals surface area contributed by atoms with Crippen LogP contribution in [0.1, 0.15) is 12.5 Å². The van der Waals surface area contributed by atoms with Crippen LogP contribution in [0.25, 0.3) is 0 Å². The first-order chi connectivity index (χ1) is 9.98. The summed E-state index contributed by atoms with van der Waals surface area (Å²) in [5.74, 6) is 0.604. The SMILES string of the molecule is Cc1ccc(S(=O)(=O)N2CC(C)Oc3ccccc32)cc1. The molecule has 0 saturated carbocycles. The molecule has 1 aliphatic rings. The Labute approximate surface area is 125 Å². The van der Waals surface area contributed by atoms with E-state index in [-0.39, 0.29) is 6.10 Å². The molecule has 2 aromatic rings. The Balaban J connectivity index is 2.09. The lowest BCUT2D eigenvalue weighted by Gasteiger charge is -2.34. The number of hydrogen-bond acceptors (Lipinski definition) is 3. The van der Waals surface area contributed by atoms with E-state index in [0.29, 0.717) is 22.9 Å². The summed E-state index contributed by atoms with van der Waals surface area (Å²) in [6.45, 7) is 4.11. The molecule has 110 valence electrons. The van der Waals surface area contributed by atoms with E-state index in [2.05, 4.69) is 0 Å². The minimum atomic E-state index is -3.57. The molecule has 3 rings (SSSR count). The Hall–Kier alpha value is -2.01. The van der Waals surface area contributed by atoms with Crippen LogP contribution in [0.4, 0.5) is 5.69 Å². The predicted molar refractivity (Wildman–Crippen MR) is 82.2 cm³/mol. The van der Waals surface area contributed by atoms with Gasteiger partial charge in [-0.1, -0.05) is 29.8 Å². The molecular formula is C16H17NO3S. The highest BCUT2D eigenvalue weighted by atomic mass is 32.2. The summed E-state index contributed by atoms with van der Waals surface area (Å²) >= 11 is 0. The Bertz CT molecular complexity index is 753. The number of benzene rings is 2. The Morgan fingerprint density at radius 2 is 1.76 bits per heavy atom. The molecule has 1 aliphatic heterocycles. The fraction of sp³-hybridized carbons (Fsp3) is 0.250. The van der Waals surface area contributed by atoms with Crippen LogP contribution in [0.2, 0.25) is 0 Å². The van der Waals surface area contributed by atoms with Crippen LogP contribution in [0, 0.1) is 6.92 Å². The van der Waals surface area contributed by atoms with Gasteiger partial charge in [-0.25, -0.2) is 8.42 Å². The normalized spacial score (nSPS) is 18.0. The molecular weight excluding hydrogens is 286 g/mol. The van der Waals surface area contributed by atoms with Gasteiger partial charge in [0.15, 0.2) is 0 Å². The van der Waals surface area contributed by atoms with Crippen molar-refractivity contribution in [3.8, 4) is 5.75 Å². The number of sulfonamides is 1. The van der Waals surface area contributed by atoms with Crippen LogP contribution < -0.4 is 9.04 Å². The van der Waals surface area contributed by atoms with E-state index >= 15 is 0 Å². The van der Waals surface area contributed by atoms with Gasteiger partial charge in [0.1, 0.15) is 11.9 Å². The van der Waals surface area contributed by atoms with Crippen LogP contribution in [0.3, 0.4) is 0 Å². The fourth-order valence-corrected chi connectivity index (χ4v) is 3.96. The quantitative estimate of drug-likeness (QED) is 0.857. The van der Waals surface area contributed by atoms with E-state index in [1.165, 1.54) is 4.31 Å². The summed E-state index contributed by atoms with van der Waals surface area (Å²) in [4.78, 5) is 0.303. The lowest BCUT2D eigenvalue weighted by atomic mass is 10.2. The molecule has 1 heterocycles. The minimum absolute atomic E-state index is 0.180. The number of aryl methyl sites for hydroxylation is 1. The zero-order valence-corrected chi connectivity index (χ0v) is 12.8. The average Bonchev–Trinajstić information content (AvgIpc) is 2.46. The smallest absolute Gasteiger partial charge is 0.264 e. The largest absolute Gasteiger partial charge is 0.487 e. The number of nitrogens with zero attached hydrogens (tertiary/aromatic N) is 1. The Morgan fingerprint density at radius 1 is 1.10 bits per heavy atom. The Kier molecular flexibility index (Phi) is 3.37. The van der Waals surface area contributed by atoms with Crippen LogP contribution in [-0.4, -0.2) is 21.1 Å². The van der Waals surface area contributed by atoms with Crippen LogP contribution >= 0.6 is 0 Å². The molecule has 0 fully saturated rings. The monoisotopic (exact) mass is 303 g/mol. The second-order valence-corrected chi connectivity index (χ2v) is 7.11. The molecule has 0 N–H and O–H groups in total. The molecule has 4 nitrogen and oxygen atoms in total. The molecule has 0 spiro atoms. The maximum absolute atomic E-state index is 12.9. The van der Waals surface area contributed by atoms with Crippen molar-refractivity contribution >= 4 is 15.7 Å². The topological polar surface area (TPSA) is 46.6 Å². The third-order valence-electron chi connectivity index (χ3n) is 3.49. The molecule has 2 aromatic carbocycles. The van der Waals surface area contributed by atoms with Gasteiger partial charge in [-0.2, -0.15) is 0 Å². The second-order valence-electron chi connectivity index (χ2n) is 5.25. The molecule has 1 atom stereocenters. The third kappa shape index (κ3) is 2.49. The molecule has 0 radical (unpaired) electrons. The maximum atomic E-state index is 12.9. The van der Waals surface area contributed by atoms with E-state index in [1.807, 2.05) is 38.1 Å². The van der Waals surface area contributed by atoms with Gasteiger partial charge in [-0.15, -0.1) is 0 Å². The van der Waals surface area contributed by atoms with Gasteiger partial charge < -0.3 is 4.74 Å². The first-order valence-electron chi connectivity index (χ1n) is 6.83. The zero-order chi connectivity index (χ0) is 15.0. The van der Waals surface area contributed by atoms with Gasteiger partial charge in [0.2, 0.25) is 0 Å². The highest BCUT2D eigenvalue weighted by Gasteiger charge is 2.32. The predicted octanol–water partition coefficient (Wildman–Crippen LogP) is 2.97. The van der Waals surface area contributed by atoms with E-state index < -0.39 is 10.0 Å². The minimum Gasteiger partial charge on any atom is -0.487 e. The first kappa shape index (κ1) is 13.9. The number of anilines is 1. The van der Waals surface area contributed by atoms with Gasteiger partial charge in [0, 0.05) is 0 Å². The van der Waals surface area contributed by atoms with Gasteiger partial charge in [-0.05, 0) is 38.1 Å². The van der Waals surface area contributed by atoms with Gasteiger partial charge in [0.25, 0.3) is 10.0 Å². The van der Waals surface area contributed by atoms with Crippen LogP contribution in [0.15, 0.2) is 53.4 Å². The second kappa shape index (κ2) is 5.07. The van der Waals surface area contributed by atoms with Gasteiger partial charge >= 0.3 is 0 Å². The van der Waals surface area contributed by atoms with E-state index in [4.69, 9.17) is 4.74 Å². The number of rotatable bonds is 2. The molecule has 1 unspecified atom stereocenters. The standard InChI is InChI=1S/C16H17NO3S/c1-12-7-9-14(10-8-12)21(18,19)17-11-13(2)20-16-6-4-3-5-15(16)17/h3-10,13H,11H2,1-2H3. The molecule has 0 aliphatic carbocycles. The van der Waals surface area contributed by atoms with Crippen LogP contribution in [0.5, 0.6) is 5.75 Å². The molecule has 21 heavy (non-hydrogen) atoms. The van der Waals surface area contributed by atoms with E-state index in [9.17, 15) is 8.42 Å². The van der Waals surface area contributed by atoms with Crippen LogP contribution in [-0.2, 0) is 10.0 Å². The summed E-state index contributed by atoms with van der Waals surface area (Å²) in [5, 5.41) is 0. The lowest BCUT2D eigenvalue weighted by Crippen LogP contribution is -2.42. The number of ether oxygens (including phenoxy) is 1. The van der Waals surface area contributed by atoms with Crippen molar-refractivity contribution in [2.45, 2.75) is 24.8 Å². The third-order valence-corrected chi connectivity index (χ3v) is 5.29. The van der Waals surface area contributed by atoms with Crippen molar-refractivity contribution in [2.75, 3.05) is 10.8 Å². The maximum Gasteiger partial charge on any atom is 0.264 e. The Morgan fingerprint density at radius 3 is 2.48 bits per heavy atom. The number of para-hydroxylation sites is 2. The summed E-state index contributed by atoms with van der Waals surface area (Å²) in [7, 11) is -3.57. The average molecular weight is 303 g/mol. The van der Waals surface area contributed by atoms with Crippen molar-refractivity contribution in [2.24, 2.45) is 0 Å². The molecule has 5 heteroatoms. The lowest BCUT2D eigenvalue weighted by molar-refractivity contribution is 0.219. The molecule has 0 amide bonds. The van der Waals surface area contributed by atoms with Crippen molar-refractivity contribution in [3.63, 3.8) is 0 Å².